The number of hydrogen-bond acceptors (Lipinski definition) is 4. The number of fused-ring (bicyclic) bond motifs is 1. The van der Waals surface area contributed by atoms with E-state index in [4.69, 9.17) is 9.15 Å². The van der Waals surface area contributed by atoms with E-state index in [9.17, 15) is 4.79 Å². The summed E-state index contributed by atoms with van der Waals surface area (Å²) in [5.74, 6) is 1.65. The normalized spacial score (nSPS) is 10.9. The lowest BCUT2D eigenvalue weighted by atomic mass is 10.2. The van der Waals surface area contributed by atoms with Crippen LogP contribution < -0.4 is 10.3 Å². The largest absolute Gasteiger partial charge is 0.497 e. The Balaban J connectivity index is 2.10. The molecule has 118 valence electrons. The fourth-order valence-corrected chi connectivity index (χ4v) is 2.69. The zero-order chi connectivity index (χ0) is 16.5. The van der Waals surface area contributed by atoms with Gasteiger partial charge in [-0.15, -0.1) is 0 Å². The maximum Gasteiger partial charge on any atom is 0.266 e. The number of benzene rings is 2. The van der Waals surface area contributed by atoms with E-state index in [0.717, 1.165) is 0 Å². The summed E-state index contributed by atoms with van der Waals surface area (Å²) < 4.78 is 12.3. The van der Waals surface area contributed by atoms with Gasteiger partial charge < -0.3 is 9.15 Å². The summed E-state index contributed by atoms with van der Waals surface area (Å²) in [7, 11) is 1.59. The molecule has 0 radical (unpaired) electrons. The van der Waals surface area contributed by atoms with E-state index >= 15 is 0 Å². The fraction of sp³-hybridized carbons (Fsp3) is 0.0526. The molecule has 24 heavy (non-hydrogen) atoms. The minimum Gasteiger partial charge on any atom is -0.497 e. The molecule has 0 bridgehead atoms. The van der Waals surface area contributed by atoms with Crippen LogP contribution in [0.2, 0.25) is 0 Å². The van der Waals surface area contributed by atoms with Crippen LogP contribution in [0.4, 0.5) is 0 Å². The lowest BCUT2D eigenvalue weighted by molar-refractivity contribution is 0.414. The molecule has 0 aliphatic rings. The molecule has 2 aromatic heterocycles. The molecular formula is C19H14N2O3. The molecule has 0 fully saturated rings. The maximum atomic E-state index is 13.1. The van der Waals surface area contributed by atoms with Crippen LogP contribution in [0.15, 0.2) is 76.1 Å². The summed E-state index contributed by atoms with van der Waals surface area (Å²) in [6.07, 6.45) is 1.56. The number of methoxy groups -OCH3 is 1. The van der Waals surface area contributed by atoms with Crippen molar-refractivity contribution in [3.8, 4) is 23.0 Å². The third-order valence-corrected chi connectivity index (χ3v) is 3.83. The second-order valence-electron chi connectivity index (χ2n) is 5.27. The van der Waals surface area contributed by atoms with Crippen LogP contribution in [0, 0.1) is 0 Å². The van der Waals surface area contributed by atoms with Crippen LogP contribution in [0.3, 0.4) is 0 Å². The summed E-state index contributed by atoms with van der Waals surface area (Å²) in [4.78, 5) is 17.7. The highest BCUT2D eigenvalue weighted by atomic mass is 16.5. The van der Waals surface area contributed by atoms with Crippen molar-refractivity contribution >= 4 is 10.9 Å². The van der Waals surface area contributed by atoms with Gasteiger partial charge in [-0.2, -0.15) is 0 Å². The first-order valence-corrected chi connectivity index (χ1v) is 7.48. The Morgan fingerprint density at radius 1 is 1.04 bits per heavy atom. The van der Waals surface area contributed by atoms with Gasteiger partial charge in [-0.1, -0.05) is 18.2 Å². The Morgan fingerprint density at radius 2 is 1.92 bits per heavy atom. The van der Waals surface area contributed by atoms with Gasteiger partial charge >= 0.3 is 0 Å². The molecule has 0 atom stereocenters. The van der Waals surface area contributed by atoms with E-state index in [1.54, 1.807) is 42.2 Å². The summed E-state index contributed by atoms with van der Waals surface area (Å²) >= 11 is 0. The number of nitrogens with zero attached hydrogens (tertiary/aromatic N) is 2. The van der Waals surface area contributed by atoms with Crippen LogP contribution >= 0.6 is 0 Å². The molecule has 0 aliphatic heterocycles. The molecule has 4 aromatic rings. The number of ether oxygens (including phenoxy) is 1. The second-order valence-corrected chi connectivity index (χ2v) is 5.27. The van der Waals surface area contributed by atoms with E-state index in [-0.39, 0.29) is 5.56 Å². The molecule has 0 spiro atoms. The quantitative estimate of drug-likeness (QED) is 0.578. The van der Waals surface area contributed by atoms with Crippen LogP contribution in [0.5, 0.6) is 5.75 Å². The van der Waals surface area contributed by atoms with Gasteiger partial charge in [0.2, 0.25) is 0 Å². The van der Waals surface area contributed by atoms with E-state index in [1.807, 2.05) is 36.4 Å². The number of hydrogen-bond donors (Lipinski definition) is 0. The highest BCUT2D eigenvalue weighted by Crippen LogP contribution is 2.24. The van der Waals surface area contributed by atoms with Gasteiger partial charge in [-0.3, -0.25) is 9.36 Å². The van der Waals surface area contributed by atoms with Crippen molar-refractivity contribution in [1.29, 1.82) is 0 Å². The topological polar surface area (TPSA) is 57.3 Å². The second kappa shape index (κ2) is 5.70. The molecule has 0 N–H and O–H groups in total. The van der Waals surface area contributed by atoms with Crippen LogP contribution in [0.25, 0.3) is 28.2 Å². The van der Waals surface area contributed by atoms with Crippen molar-refractivity contribution in [3.05, 3.63) is 77.3 Å². The fourth-order valence-electron chi connectivity index (χ4n) is 2.69. The van der Waals surface area contributed by atoms with Gasteiger partial charge in [-0.05, 0) is 36.4 Å². The average Bonchev–Trinajstić information content (AvgIpc) is 3.16. The lowest BCUT2D eigenvalue weighted by Gasteiger charge is -2.13. The summed E-state index contributed by atoms with van der Waals surface area (Å²) in [6, 6.07) is 18.1. The zero-order valence-electron chi connectivity index (χ0n) is 13.0. The Labute approximate surface area is 137 Å². The smallest absolute Gasteiger partial charge is 0.266 e. The molecule has 0 saturated carbocycles. The van der Waals surface area contributed by atoms with Gasteiger partial charge in [0, 0.05) is 6.07 Å². The first-order valence-electron chi connectivity index (χ1n) is 7.48. The molecular weight excluding hydrogens is 304 g/mol. The monoisotopic (exact) mass is 318 g/mol. The molecule has 5 heteroatoms. The van der Waals surface area contributed by atoms with E-state index in [0.29, 0.717) is 33.9 Å². The van der Waals surface area contributed by atoms with Gasteiger partial charge in [0.05, 0.1) is 30.0 Å². The highest BCUT2D eigenvalue weighted by Gasteiger charge is 2.16. The number of furan rings is 1. The SMILES string of the molecule is COc1cccc(-n2c(-c3ccco3)nc3ccccc3c2=O)c1. The van der Waals surface area contributed by atoms with E-state index in [2.05, 4.69) is 4.98 Å². The van der Waals surface area contributed by atoms with Crippen molar-refractivity contribution in [3.63, 3.8) is 0 Å². The van der Waals surface area contributed by atoms with Gasteiger partial charge in [-0.25, -0.2) is 4.98 Å². The number of rotatable bonds is 3. The molecule has 4 rings (SSSR count). The van der Waals surface area contributed by atoms with Crippen molar-refractivity contribution in [2.24, 2.45) is 0 Å². The van der Waals surface area contributed by atoms with Crippen molar-refractivity contribution in [2.75, 3.05) is 7.11 Å². The van der Waals surface area contributed by atoms with Crippen molar-refractivity contribution < 1.29 is 9.15 Å². The van der Waals surface area contributed by atoms with Gasteiger partial charge in [0.15, 0.2) is 11.6 Å². The molecule has 2 heterocycles. The van der Waals surface area contributed by atoms with Crippen molar-refractivity contribution in [2.45, 2.75) is 0 Å². The molecule has 2 aromatic carbocycles. The number of aromatic nitrogens is 2. The summed E-state index contributed by atoms with van der Waals surface area (Å²) in [5, 5.41) is 0.552. The lowest BCUT2D eigenvalue weighted by Crippen LogP contribution is -2.21. The molecule has 0 amide bonds. The standard InChI is InChI=1S/C19H14N2O3/c1-23-14-7-4-6-13(12-14)21-18(17-10-5-11-24-17)20-16-9-3-2-8-15(16)19(21)22/h2-12H,1H3. The predicted octanol–water partition coefficient (Wildman–Crippen LogP) is 3.65. The average molecular weight is 318 g/mol. The Hall–Kier alpha value is -3.34. The molecule has 0 aliphatic carbocycles. The van der Waals surface area contributed by atoms with Crippen LogP contribution in [0.1, 0.15) is 0 Å². The third-order valence-electron chi connectivity index (χ3n) is 3.83. The Kier molecular flexibility index (Phi) is 3.39. The summed E-state index contributed by atoms with van der Waals surface area (Å²) in [5.41, 5.74) is 1.15. The first kappa shape index (κ1) is 14.3. The highest BCUT2D eigenvalue weighted by molar-refractivity contribution is 5.80. The minimum atomic E-state index is -0.153. The Bertz CT molecular complexity index is 1070. The number of para-hydroxylation sites is 1. The molecule has 0 saturated heterocycles. The zero-order valence-corrected chi connectivity index (χ0v) is 13.0. The van der Waals surface area contributed by atoms with E-state index in [1.165, 1.54) is 0 Å². The molecule has 5 nitrogen and oxygen atoms in total. The van der Waals surface area contributed by atoms with Crippen molar-refractivity contribution in [1.82, 2.24) is 9.55 Å². The van der Waals surface area contributed by atoms with Crippen LogP contribution in [-0.4, -0.2) is 16.7 Å². The third kappa shape index (κ3) is 2.27. The van der Waals surface area contributed by atoms with E-state index < -0.39 is 0 Å². The first-order chi connectivity index (χ1) is 11.8. The van der Waals surface area contributed by atoms with Gasteiger partial charge in [0.1, 0.15) is 5.75 Å². The minimum absolute atomic E-state index is 0.153. The van der Waals surface area contributed by atoms with Crippen LogP contribution in [-0.2, 0) is 0 Å². The summed E-state index contributed by atoms with van der Waals surface area (Å²) in [6.45, 7) is 0. The Morgan fingerprint density at radius 3 is 2.71 bits per heavy atom. The molecule has 0 unspecified atom stereocenters. The maximum absolute atomic E-state index is 13.1. The van der Waals surface area contributed by atoms with Gasteiger partial charge in [0.25, 0.3) is 5.56 Å². The predicted molar refractivity (Wildman–Crippen MR) is 91.6 cm³/mol.